The summed E-state index contributed by atoms with van der Waals surface area (Å²) >= 11 is 5.91. The van der Waals surface area contributed by atoms with E-state index in [0.29, 0.717) is 23.3 Å². The standard InChI is InChI=1S/C21H22ClN3O3/c1-14(2)19(23-18(26)13-27-12-15-6-4-3-5-7-15)21-24-20(25-28-21)16-8-10-17(22)11-9-16/h3-11,14,19H,12-13H2,1-2H3,(H,23,26). The van der Waals surface area contributed by atoms with Gasteiger partial charge in [-0.1, -0.05) is 60.9 Å². The fourth-order valence-corrected chi connectivity index (χ4v) is 2.77. The van der Waals surface area contributed by atoms with Gasteiger partial charge in [0.15, 0.2) is 0 Å². The molecule has 1 N–H and O–H groups in total. The first-order valence-corrected chi connectivity index (χ1v) is 9.41. The largest absolute Gasteiger partial charge is 0.367 e. The predicted molar refractivity (Wildman–Crippen MR) is 107 cm³/mol. The average molecular weight is 400 g/mol. The van der Waals surface area contributed by atoms with E-state index in [1.807, 2.05) is 56.3 Å². The SMILES string of the molecule is CC(C)C(NC(=O)COCc1ccccc1)c1nc(-c2ccc(Cl)cc2)no1. The molecule has 3 rings (SSSR count). The maximum Gasteiger partial charge on any atom is 0.249 e. The van der Waals surface area contributed by atoms with Gasteiger partial charge in [-0.2, -0.15) is 4.98 Å². The number of amides is 1. The number of benzene rings is 2. The van der Waals surface area contributed by atoms with Gasteiger partial charge in [0.05, 0.1) is 6.61 Å². The molecule has 0 aliphatic rings. The quantitative estimate of drug-likeness (QED) is 0.606. The Kier molecular flexibility index (Phi) is 6.79. The van der Waals surface area contributed by atoms with Crippen molar-refractivity contribution < 1.29 is 14.1 Å². The normalized spacial score (nSPS) is 12.1. The Morgan fingerprint density at radius 2 is 1.86 bits per heavy atom. The van der Waals surface area contributed by atoms with Gasteiger partial charge in [-0.15, -0.1) is 0 Å². The molecule has 0 spiro atoms. The summed E-state index contributed by atoms with van der Waals surface area (Å²) in [7, 11) is 0. The number of halogens is 1. The van der Waals surface area contributed by atoms with Crippen molar-refractivity contribution in [3.63, 3.8) is 0 Å². The Morgan fingerprint density at radius 1 is 1.14 bits per heavy atom. The lowest BCUT2D eigenvalue weighted by Gasteiger charge is -2.18. The molecule has 0 radical (unpaired) electrons. The van der Waals surface area contributed by atoms with Gasteiger partial charge in [-0.3, -0.25) is 4.79 Å². The molecule has 0 aliphatic heterocycles. The summed E-state index contributed by atoms with van der Waals surface area (Å²) in [4.78, 5) is 16.7. The Labute approximate surface area is 168 Å². The lowest BCUT2D eigenvalue weighted by atomic mass is 10.0. The maximum absolute atomic E-state index is 12.3. The van der Waals surface area contributed by atoms with Crippen molar-refractivity contribution in [3.05, 3.63) is 71.1 Å². The number of carbonyl (C=O) groups is 1. The third-order valence-electron chi connectivity index (χ3n) is 4.14. The van der Waals surface area contributed by atoms with Crippen LogP contribution in [0.25, 0.3) is 11.4 Å². The zero-order valence-corrected chi connectivity index (χ0v) is 16.5. The Balaban J connectivity index is 1.60. The number of nitrogens with one attached hydrogen (secondary N) is 1. The summed E-state index contributed by atoms with van der Waals surface area (Å²) < 4.78 is 10.9. The van der Waals surface area contributed by atoms with Crippen molar-refractivity contribution in [2.75, 3.05) is 6.61 Å². The summed E-state index contributed by atoms with van der Waals surface area (Å²) in [5, 5.41) is 7.56. The van der Waals surface area contributed by atoms with Crippen molar-refractivity contribution in [2.24, 2.45) is 5.92 Å². The third-order valence-corrected chi connectivity index (χ3v) is 4.39. The molecular formula is C21H22ClN3O3. The predicted octanol–water partition coefficient (Wildman–Crippen LogP) is 4.42. The molecule has 1 aromatic heterocycles. The van der Waals surface area contributed by atoms with Crippen LogP contribution in [0.4, 0.5) is 0 Å². The summed E-state index contributed by atoms with van der Waals surface area (Å²) in [5.74, 6) is 0.640. The topological polar surface area (TPSA) is 77.2 Å². The number of nitrogens with zero attached hydrogens (tertiary/aromatic N) is 2. The number of carbonyl (C=O) groups excluding carboxylic acids is 1. The number of aromatic nitrogens is 2. The van der Waals surface area contributed by atoms with E-state index in [2.05, 4.69) is 15.5 Å². The van der Waals surface area contributed by atoms with E-state index in [1.165, 1.54) is 0 Å². The van der Waals surface area contributed by atoms with E-state index in [1.54, 1.807) is 12.1 Å². The van der Waals surface area contributed by atoms with Gasteiger partial charge >= 0.3 is 0 Å². The number of hydrogen-bond acceptors (Lipinski definition) is 5. The molecule has 1 unspecified atom stereocenters. The van der Waals surface area contributed by atoms with Crippen molar-refractivity contribution in [1.29, 1.82) is 0 Å². The highest BCUT2D eigenvalue weighted by atomic mass is 35.5. The van der Waals surface area contributed by atoms with E-state index in [9.17, 15) is 4.79 Å². The lowest BCUT2D eigenvalue weighted by molar-refractivity contribution is -0.127. The summed E-state index contributed by atoms with van der Waals surface area (Å²) in [6.45, 7) is 4.28. The van der Waals surface area contributed by atoms with Crippen LogP contribution in [0.15, 0.2) is 59.1 Å². The highest BCUT2D eigenvalue weighted by molar-refractivity contribution is 6.30. The average Bonchev–Trinajstić information content (AvgIpc) is 3.17. The molecule has 28 heavy (non-hydrogen) atoms. The molecule has 7 heteroatoms. The number of hydrogen-bond donors (Lipinski definition) is 1. The second kappa shape index (κ2) is 9.48. The van der Waals surface area contributed by atoms with Crippen LogP contribution in [0.2, 0.25) is 5.02 Å². The monoisotopic (exact) mass is 399 g/mol. The minimum Gasteiger partial charge on any atom is -0.367 e. The molecule has 0 fully saturated rings. The van der Waals surface area contributed by atoms with Gasteiger partial charge in [-0.05, 0) is 35.7 Å². The molecule has 146 valence electrons. The van der Waals surface area contributed by atoms with E-state index in [0.717, 1.165) is 11.1 Å². The molecule has 0 saturated carbocycles. The van der Waals surface area contributed by atoms with Gasteiger partial charge in [-0.25, -0.2) is 0 Å². The van der Waals surface area contributed by atoms with Gasteiger partial charge in [0.2, 0.25) is 17.6 Å². The fraction of sp³-hybridized carbons (Fsp3) is 0.286. The summed E-state index contributed by atoms with van der Waals surface area (Å²) in [5.41, 5.74) is 1.81. The first kappa shape index (κ1) is 20.0. The summed E-state index contributed by atoms with van der Waals surface area (Å²) in [6.07, 6.45) is 0. The molecule has 1 heterocycles. The van der Waals surface area contributed by atoms with Crippen molar-refractivity contribution >= 4 is 17.5 Å². The van der Waals surface area contributed by atoms with Crippen LogP contribution in [0.1, 0.15) is 31.3 Å². The number of rotatable bonds is 8. The fourth-order valence-electron chi connectivity index (χ4n) is 2.64. The second-order valence-electron chi connectivity index (χ2n) is 6.73. The van der Waals surface area contributed by atoms with E-state index >= 15 is 0 Å². The molecule has 3 aromatic rings. The van der Waals surface area contributed by atoms with Crippen LogP contribution in [0.5, 0.6) is 0 Å². The molecule has 0 bridgehead atoms. The Morgan fingerprint density at radius 3 is 2.54 bits per heavy atom. The van der Waals surface area contributed by atoms with Gasteiger partial charge in [0.1, 0.15) is 12.6 Å². The van der Waals surface area contributed by atoms with Crippen LogP contribution < -0.4 is 5.32 Å². The molecule has 1 atom stereocenters. The van der Waals surface area contributed by atoms with E-state index < -0.39 is 6.04 Å². The second-order valence-corrected chi connectivity index (χ2v) is 7.17. The minimum atomic E-state index is -0.402. The number of ether oxygens (including phenoxy) is 1. The lowest BCUT2D eigenvalue weighted by Crippen LogP contribution is -2.34. The highest BCUT2D eigenvalue weighted by Crippen LogP contribution is 2.24. The maximum atomic E-state index is 12.3. The van der Waals surface area contributed by atoms with Crippen molar-refractivity contribution in [1.82, 2.24) is 15.5 Å². The van der Waals surface area contributed by atoms with Crippen molar-refractivity contribution in [3.8, 4) is 11.4 Å². The smallest absolute Gasteiger partial charge is 0.249 e. The van der Waals surface area contributed by atoms with Gasteiger partial charge < -0.3 is 14.6 Å². The van der Waals surface area contributed by atoms with Crippen LogP contribution in [-0.4, -0.2) is 22.7 Å². The van der Waals surface area contributed by atoms with E-state index in [-0.39, 0.29) is 18.4 Å². The van der Waals surface area contributed by atoms with Crippen LogP contribution in [0.3, 0.4) is 0 Å². The van der Waals surface area contributed by atoms with Crippen molar-refractivity contribution in [2.45, 2.75) is 26.5 Å². The zero-order chi connectivity index (χ0) is 19.9. The molecular weight excluding hydrogens is 378 g/mol. The molecule has 0 saturated heterocycles. The molecule has 2 aromatic carbocycles. The van der Waals surface area contributed by atoms with Crippen LogP contribution >= 0.6 is 11.6 Å². The third kappa shape index (κ3) is 5.41. The van der Waals surface area contributed by atoms with Gasteiger partial charge in [0, 0.05) is 10.6 Å². The highest BCUT2D eigenvalue weighted by Gasteiger charge is 2.25. The summed E-state index contributed by atoms with van der Waals surface area (Å²) in [6, 6.07) is 16.5. The Bertz CT molecular complexity index is 895. The first-order chi connectivity index (χ1) is 13.5. The Hall–Kier alpha value is -2.70. The van der Waals surface area contributed by atoms with E-state index in [4.69, 9.17) is 20.9 Å². The van der Waals surface area contributed by atoms with Gasteiger partial charge in [0.25, 0.3) is 0 Å². The molecule has 0 aliphatic carbocycles. The minimum absolute atomic E-state index is 0.0453. The van der Waals surface area contributed by atoms with Crippen LogP contribution in [-0.2, 0) is 16.1 Å². The molecule has 6 nitrogen and oxygen atoms in total. The first-order valence-electron chi connectivity index (χ1n) is 9.03. The zero-order valence-electron chi connectivity index (χ0n) is 15.8. The molecule has 1 amide bonds. The van der Waals surface area contributed by atoms with Crippen LogP contribution in [0, 0.1) is 5.92 Å².